The molecule has 4 aromatic rings. The van der Waals surface area contributed by atoms with Gasteiger partial charge in [0, 0.05) is 35.8 Å². The number of benzene rings is 1. The number of hydrogen-bond acceptors (Lipinski definition) is 4. The van der Waals surface area contributed by atoms with Crippen molar-refractivity contribution < 1.29 is 18.0 Å². The van der Waals surface area contributed by atoms with Crippen LogP contribution in [-0.2, 0) is 0 Å². The standard InChI is InChI=1S/C25H26F3N7O/c1-33-8-3-6-21(15-33)35-14-19(12-31-35)17-7-9-34-22(13-29-23(34)11-17)18-4-2-5-20(10-18)32-24(36)30-16-25(26,27)28/h2,4-5,7,9-14,21H,3,6,8,15-16H2,1H3,(H2,30,32,36). The van der Waals surface area contributed by atoms with E-state index in [1.807, 2.05) is 35.0 Å². The number of carbonyl (C=O) groups excluding carboxylic acids is 1. The zero-order chi connectivity index (χ0) is 25.3. The summed E-state index contributed by atoms with van der Waals surface area (Å²) in [5.41, 5.74) is 4.70. The number of amides is 2. The summed E-state index contributed by atoms with van der Waals surface area (Å²) in [6.07, 6.45) is 5.42. The predicted molar refractivity (Wildman–Crippen MR) is 131 cm³/mol. The minimum absolute atomic E-state index is 0.371. The molecule has 1 unspecified atom stereocenters. The second-order valence-corrected chi connectivity index (χ2v) is 9.06. The molecule has 4 heterocycles. The zero-order valence-electron chi connectivity index (χ0n) is 19.7. The molecule has 1 atom stereocenters. The summed E-state index contributed by atoms with van der Waals surface area (Å²) in [5.74, 6) is 0. The molecule has 188 valence electrons. The van der Waals surface area contributed by atoms with Crippen molar-refractivity contribution in [2.24, 2.45) is 0 Å². The Morgan fingerprint density at radius 3 is 2.81 bits per heavy atom. The number of fused-ring (bicyclic) bond motifs is 1. The average molecular weight is 498 g/mol. The second-order valence-electron chi connectivity index (χ2n) is 9.06. The molecule has 11 heteroatoms. The summed E-state index contributed by atoms with van der Waals surface area (Å²) in [4.78, 5) is 18.7. The molecule has 0 spiro atoms. The fourth-order valence-electron chi connectivity index (χ4n) is 4.53. The topological polar surface area (TPSA) is 79.5 Å². The summed E-state index contributed by atoms with van der Waals surface area (Å²) in [6, 6.07) is 10.3. The Morgan fingerprint density at radius 1 is 1.14 bits per heavy atom. The molecule has 8 nitrogen and oxygen atoms in total. The highest BCUT2D eigenvalue weighted by molar-refractivity contribution is 5.90. The van der Waals surface area contributed by atoms with Crippen LogP contribution in [-0.4, -0.2) is 63.0 Å². The number of piperidine rings is 1. The number of pyridine rings is 1. The van der Waals surface area contributed by atoms with E-state index < -0.39 is 18.8 Å². The zero-order valence-corrected chi connectivity index (χ0v) is 19.7. The highest BCUT2D eigenvalue weighted by Gasteiger charge is 2.27. The number of nitrogens with one attached hydrogen (secondary N) is 2. The number of aromatic nitrogens is 4. The highest BCUT2D eigenvalue weighted by atomic mass is 19.4. The Bertz CT molecular complexity index is 1380. The predicted octanol–water partition coefficient (Wildman–Crippen LogP) is 4.82. The lowest BCUT2D eigenvalue weighted by Crippen LogP contribution is -2.36. The summed E-state index contributed by atoms with van der Waals surface area (Å²) in [7, 11) is 2.13. The first-order chi connectivity index (χ1) is 17.2. The van der Waals surface area contributed by atoms with E-state index in [2.05, 4.69) is 38.2 Å². The Kier molecular flexibility index (Phi) is 6.40. The van der Waals surface area contributed by atoms with Crippen molar-refractivity contribution in [1.29, 1.82) is 0 Å². The van der Waals surface area contributed by atoms with Gasteiger partial charge in [-0.3, -0.25) is 9.08 Å². The van der Waals surface area contributed by atoms with E-state index in [0.29, 0.717) is 11.7 Å². The van der Waals surface area contributed by atoms with Crippen molar-refractivity contribution in [3.8, 4) is 22.4 Å². The number of urea groups is 1. The lowest BCUT2D eigenvalue weighted by atomic mass is 10.1. The number of hydrogen-bond donors (Lipinski definition) is 2. The first-order valence-corrected chi connectivity index (χ1v) is 11.7. The van der Waals surface area contributed by atoms with E-state index in [0.717, 1.165) is 54.0 Å². The van der Waals surface area contributed by atoms with Gasteiger partial charge in [-0.25, -0.2) is 9.78 Å². The van der Waals surface area contributed by atoms with Gasteiger partial charge in [-0.15, -0.1) is 0 Å². The van der Waals surface area contributed by atoms with Gasteiger partial charge in [-0.2, -0.15) is 18.3 Å². The van der Waals surface area contributed by atoms with Crippen molar-refractivity contribution in [3.05, 3.63) is 61.2 Å². The van der Waals surface area contributed by atoms with Crippen LogP contribution in [0.1, 0.15) is 18.9 Å². The Balaban J connectivity index is 1.33. The molecule has 0 bridgehead atoms. The number of halogens is 3. The second kappa shape index (κ2) is 9.65. The van der Waals surface area contributed by atoms with Crippen LogP contribution in [0.5, 0.6) is 0 Å². The van der Waals surface area contributed by atoms with Gasteiger partial charge >= 0.3 is 12.2 Å². The van der Waals surface area contributed by atoms with Gasteiger partial charge in [0.05, 0.1) is 24.1 Å². The van der Waals surface area contributed by atoms with Gasteiger partial charge in [-0.1, -0.05) is 12.1 Å². The van der Waals surface area contributed by atoms with Gasteiger partial charge in [0.1, 0.15) is 12.2 Å². The molecule has 0 aliphatic carbocycles. The maximum absolute atomic E-state index is 12.3. The Hall–Kier alpha value is -3.86. The van der Waals surface area contributed by atoms with Gasteiger partial charge in [-0.05, 0) is 56.3 Å². The van der Waals surface area contributed by atoms with E-state index in [1.54, 1.807) is 29.7 Å². The molecule has 3 aromatic heterocycles. The normalized spacial score (nSPS) is 16.8. The molecule has 2 amide bonds. The van der Waals surface area contributed by atoms with Crippen LogP contribution in [0.15, 0.2) is 61.2 Å². The molecule has 1 aliphatic heterocycles. The van der Waals surface area contributed by atoms with Crippen molar-refractivity contribution in [2.45, 2.75) is 25.1 Å². The smallest absolute Gasteiger partial charge is 0.329 e. The quantitative estimate of drug-likeness (QED) is 0.415. The fraction of sp³-hybridized carbons (Fsp3) is 0.320. The first kappa shape index (κ1) is 23.9. The van der Waals surface area contributed by atoms with Crippen molar-refractivity contribution in [2.75, 3.05) is 32.0 Å². The van der Waals surface area contributed by atoms with E-state index in [-0.39, 0.29) is 0 Å². The molecule has 1 aliphatic rings. The third-order valence-corrected chi connectivity index (χ3v) is 6.29. The number of rotatable bonds is 5. The minimum Gasteiger partial charge on any atom is -0.329 e. The summed E-state index contributed by atoms with van der Waals surface area (Å²) >= 11 is 0. The average Bonchev–Trinajstić information content (AvgIpc) is 3.50. The number of alkyl halides is 3. The highest BCUT2D eigenvalue weighted by Crippen LogP contribution is 2.28. The van der Waals surface area contributed by atoms with Crippen molar-refractivity contribution in [1.82, 2.24) is 29.4 Å². The molecule has 5 rings (SSSR count). The number of anilines is 1. The number of carbonyl (C=O) groups is 1. The molecule has 2 N–H and O–H groups in total. The van der Waals surface area contributed by atoms with E-state index in [9.17, 15) is 18.0 Å². The van der Waals surface area contributed by atoms with Crippen LogP contribution in [0, 0.1) is 0 Å². The summed E-state index contributed by atoms with van der Waals surface area (Å²) in [6.45, 7) is 0.708. The van der Waals surface area contributed by atoms with E-state index in [4.69, 9.17) is 0 Å². The minimum atomic E-state index is -4.47. The lowest BCUT2D eigenvalue weighted by molar-refractivity contribution is -0.122. The van der Waals surface area contributed by atoms with Crippen LogP contribution >= 0.6 is 0 Å². The fourth-order valence-corrected chi connectivity index (χ4v) is 4.53. The molecule has 36 heavy (non-hydrogen) atoms. The number of likely N-dealkylation sites (tertiary alicyclic amines) is 1. The molecule has 1 fully saturated rings. The van der Waals surface area contributed by atoms with Crippen LogP contribution in [0.2, 0.25) is 0 Å². The number of imidazole rings is 1. The molecular formula is C25H26F3N7O. The summed E-state index contributed by atoms with van der Waals surface area (Å²) in [5, 5.41) is 8.84. The molecule has 1 aromatic carbocycles. The lowest BCUT2D eigenvalue weighted by Gasteiger charge is -2.29. The van der Waals surface area contributed by atoms with E-state index in [1.165, 1.54) is 0 Å². The molecule has 1 saturated heterocycles. The maximum Gasteiger partial charge on any atom is 0.405 e. The summed E-state index contributed by atoms with van der Waals surface area (Å²) < 4.78 is 41.0. The van der Waals surface area contributed by atoms with Gasteiger partial charge in [0.2, 0.25) is 0 Å². The van der Waals surface area contributed by atoms with Gasteiger partial charge < -0.3 is 15.5 Å². The van der Waals surface area contributed by atoms with Gasteiger partial charge in [0.25, 0.3) is 0 Å². The molecule has 0 radical (unpaired) electrons. The van der Waals surface area contributed by atoms with Crippen LogP contribution in [0.3, 0.4) is 0 Å². The number of nitrogens with zero attached hydrogens (tertiary/aromatic N) is 5. The van der Waals surface area contributed by atoms with Crippen LogP contribution < -0.4 is 10.6 Å². The molecule has 0 saturated carbocycles. The van der Waals surface area contributed by atoms with Crippen LogP contribution in [0.25, 0.3) is 28.0 Å². The van der Waals surface area contributed by atoms with E-state index >= 15 is 0 Å². The SMILES string of the molecule is CN1CCCC(n2cc(-c3ccn4c(-c5cccc(NC(=O)NCC(F)(F)F)c5)cnc4c3)cn2)C1. The van der Waals surface area contributed by atoms with Gasteiger partial charge in [0.15, 0.2) is 0 Å². The van der Waals surface area contributed by atoms with Crippen molar-refractivity contribution >= 4 is 17.4 Å². The molecular weight excluding hydrogens is 471 g/mol. The Morgan fingerprint density at radius 2 is 2.00 bits per heavy atom. The monoisotopic (exact) mass is 497 g/mol. The Labute approximate surface area is 205 Å². The van der Waals surface area contributed by atoms with Crippen molar-refractivity contribution in [3.63, 3.8) is 0 Å². The third kappa shape index (κ3) is 5.35. The van der Waals surface area contributed by atoms with Crippen LogP contribution in [0.4, 0.5) is 23.7 Å². The maximum atomic E-state index is 12.3. The third-order valence-electron chi connectivity index (χ3n) is 6.29. The number of likely N-dealkylation sites (N-methyl/N-ethyl adjacent to an activating group) is 1. The first-order valence-electron chi connectivity index (χ1n) is 11.7. The largest absolute Gasteiger partial charge is 0.405 e.